The summed E-state index contributed by atoms with van der Waals surface area (Å²) in [7, 11) is 1.61. The molecule has 0 radical (unpaired) electrons. The van der Waals surface area contributed by atoms with Crippen LogP contribution in [-0.4, -0.2) is 39.3 Å². The second-order valence-corrected chi connectivity index (χ2v) is 4.49. The lowest BCUT2D eigenvalue weighted by Crippen LogP contribution is -2.35. The molecule has 0 unspecified atom stereocenters. The van der Waals surface area contributed by atoms with Crippen molar-refractivity contribution in [3.05, 3.63) is 29.3 Å². The minimum atomic E-state index is -0.0125. The van der Waals surface area contributed by atoms with Crippen LogP contribution in [0.1, 0.15) is 11.1 Å². The van der Waals surface area contributed by atoms with Crippen molar-refractivity contribution < 1.29 is 14.3 Å². The van der Waals surface area contributed by atoms with Crippen molar-refractivity contribution in [2.75, 3.05) is 33.4 Å². The number of amides is 1. The fourth-order valence-corrected chi connectivity index (χ4v) is 2.03. The summed E-state index contributed by atoms with van der Waals surface area (Å²) in [6, 6.07) is 6.16. The summed E-state index contributed by atoms with van der Waals surface area (Å²) in [4.78, 5) is 11.4. The molecule has 1 amide bonds. The third-order valence-corrected chi connectivity index (χ3v) is 3.00. The Hall–Kier alpha value is -1.59. The van der Waals surface area contributed by atoms with Gasteiger partial charge in [-0.1, -0.05) is 12.1 Å². The Morgan fingerprint density at radius 3 is 3.21 bits per heavy atom. The molecule has 104 valence electrons. The quantitative estimate of drug-likeness (QED) is 0.703. The first-order valence-corrected chi connectivity index (χ1v) is 6.50. The largest absolute Gasteiger partial charge is 0.493 e. The summed E-state index contributed by atoms with van der Waals surface area (Å²) in [6.07, 6.45) is 0.973. The van der Waals surface area contributed by atoms with Gasteiger partial charge in [0.05, 0.1) is 19.8 Å². The van der Waals surface area contributed by atoms with Gasteiger partial charge >= 0.3 is 0 Å². The zero-order chi connectivity index (χ0) is 13.5. The van der Waals surface area contributed by atoms with Crippen LogP contribution in [-0.2, 0) is 22.5 Å². The van der Waals surface area contributed by atoms with E-state index < -0.39 is 0 Å². The molecule has 0 atom stereocenters. The van der Waals surface area contributed by atoms with Gasteiger partial charge in [-0.3, -0.25) is 4.79 Å². The van der Waals surface area contributed by atoms with Crippen LogP contribution in [0.5, 0.6) is 5.75 Å². The molecule has 0 aliphatic carbocycles. The summed E-state index contributed by atoms with van der Waals surface area (Å²) < 4.78 is 10.3. The molecule has 1 aliphatic heterocycles. The highest BCUT2D eigenvalue weighted by Gasteiger charge is 2.11. The standard InChI is InChI=1S/C14H20N2O3/c1-18-7-5-16-14(17)10-15-9-11-2-3-13-12(8-11)4-6-19-13/h2-3,8,15H,4-7,9-10H2,1H3,(H,16,17). The molecule has 2 N–H and O–H groups in total. The van der Waals surface area contributed by atoms with Crippen molar-refractivity contribution in [3.8, 4) is 5.75 Å². The van der Waals surface area contributed by atoms with E-state index >= 15 is 0 Å². The molecule has 0 bridgehead atoms. The Balaban J connectivity index is 1.69. The fourth-order valence-electron chi connectivity index (χ4n) is 2.03. The summed E-state index contributed by atoms with van der Waals surface area (Å²) in [5.74, 6) is 0.975. The van der Waals surface area contributed by atoms with Gasteiger partial charge in [-0.2, -0.15) is 0 Å². The molecule has 0 saturated heterocycles. The van der Waals surface area contributed by atoms with Crippen LogP contribution >= 0.6 is 0 Å². The van der Waals surface area contributed by atoms with Crippen molar-refractivity contribution in [2.45, 2.75) is 13.0 Å². The average molecular weight is 264 g/mol. The lowest BCUT2D eigenvalue weighted by Gasteiger charge is -2.07. The molecule has 0 aromatic heterocycles. The van der Waals surface area contributed by atoms with Crippen LogP contribution < -0.4 is 15.4 Å². The van der Waals surface area contributed by atoms with Crippen molar-refractivity contribution in [1.29, 1.82) is 0 Å². The van der Waals surface area contributed by atoms with E-state index in [1.807, 2.05) is 12.1 Å². The molecule has 0 saturated carbocycles. The van der Waals surface area contributed by atoms with Gasteiger partial charge in [0.1, 0.15) is 5.75 Å². The second kappa shape index (κ2) is 7.11. The van der Waals surface area contributed by atoms with Crippen LogP contribution in [0.25, 0.3) is 0 Å². The minimum Gasteiger partial charge on any atom is -0.493 e. The van der Waals surface area contributed by atoms with Gasteiger partial charge in [0, 0.05) is 26.6 Å². The molecule has 5 nitrogen and oxygen atoms in total. The van der Waals surface area contributed by atoms with Crippen LogP contribution in [0.3, 0.4) is 0 Å². The zero-order valence-electron chi connectivity index (χ0n) is 11.2. The maximum atomic E-state index is 11.4. The Labute approximate surface area is 113 Å². The van der Waals surface area contributed by atoms with Crippen molar-refractivity contribution in [3.63, 3.8) is 0 Å². The first-order chi connectivity index (χ1) is 9.29. The van der Waals surface area contributed by atoms with Gasteiger partial charge in [-0.25, -0.2) is 0 Å². The number of nitrogens with one attached hydrogen (secondary N) is 2. The van der Waals surface area contributed by atoms with E-state index in [9.17, 15) is 4.79 Å². The van der Waals surface area contributed by atoms with Crippen molar-refractivity contribution in [2.24, 2.45) is 0 Å². The number of benzene rings is 1. The summed E-state index contributed by atoms with van der Waals surface area (Å²) in [6.45, 7) is 2.86. The van der Waals surface area contributed by atoms with Gasteiger partial charge in [-0.05, 0) is 17.2 Å². The van der Waals surface area contributed by atoms with E-state index in [-0.39, 0.29) is 5.91 Å². The molecule has 1 aromatic rings. The lowest BCUT2D eigenvalue weighted by molar-refractivity contribution is -0.120. The fraction of sp³-hybridized carbons (Fsp3) is 0.500. The first kappa shape index (κ1) is 13.8. The topological polar surface area (TPSA) is 59.6 Å². The van der Waals surface area contributed by atoms with E-state index in [2.05, 4.69) is 16.7 Å². The molecule has 5 heteroatoms. The number of methoxy groups -OCH3 is 1. The number of fused-ring (bicyclic) bond motifs is 1. The highest BCUT2D eigenvalue weighted by molar-refractivity contribution is 5.77. The molecule has 0 spiro atoms. The predicted molar refractivity (Wildman–Crippen MR) is 72.2 cm³/mol. The maximum absolute atomic E-state index is 11.4. The number of ether oxygens (including phenoxy) is 2. The molecule has 1 heterocycles. The monoisotopic (exact) mass is 264 g/mol. The third-order valence-electron chi connectivity index (χ3n) is 3.00. The Kier molecular flexibility index (Phi) is 5.18. The molecular formula is C14H20N2O3. The normalized spacial score (nSPS) is 12.9. The van der Waals surface area contributed by atoms with Crippen LogP contribution in [0.2, 0.25) is 0 Å². The highest BCUT2D eigenvalue weighted by atomic mass is 16.5. The van der Waals surface area contributed by atoms with E-state index in [4.69, 9.17) is 9.47 Å². The minimum absolute atomic E-state index is 0.0125. The first-order valence-electron chi connectivity index (χ1n) is 6.50. The van der Waals surface area contributed by atoms with Crippen LogP contribution in [0.15, 0.2) is 18.2 Å². The highest BCUT2D eigenvalue weighted by Crippen LogP contribution is 2.25. The smallest absolute Gasteiger partial charge is 0.234 e. The molecule has 1 aromatic carbocycles. The second-order valence-electron chi connectivity index (χ2n) is 4.49. The average Bonchev–Trinajstić information content (AvgIpc) is 2.86. The molecule has 2 rings (SSSR count). The third kappa shape index (κ3) is 4.22. The number of hydrogen-bond acceptors (Lipinski definition) is 4. The molecule has 0 fully saturated rings. The van der Waals surface area contributed by atoms with Gasteiger partial charge in [0.25, 0.3) is 0 Å². The molecule has 19 heavy (non-hydrogen) atoms. The van der Waals surface area contributed by atoms with E-state index in [0.717, 1.165) is 18.8 Å². The van der Waals surface area contributed by atoms with E-state index in [1.54, 1.807) is 7.11 Å². The number of rotatable bonds is 7. The van der Waals surface area contributed by atoms with E-state index in [0.29, 0.717) is 26.2 Å². The van der Waals surface area contributed by atoms with Gasteiger partial charge in [0.15, 0.2) is 0 Å². The van der Waals surface area contributed by atoms with Crippen molar-refractivity contribution in [1.82, 2.24) is 10.6 Å². The number of carbonyl (C=O) groups excluding carboxylic acids is 1. The van der Waals surface area contributed by atoms with Gasteiger partial charge in [0.2, 0.25) is 5.91 Å². The van der Waals surface area contributed by atoms with Gasteiger partial charge < -0.3 is 20.1 Å². The van der Waals surface area contributed by atoms with Gasteiger partial charge in [-0.15, -0.1) is 0 Å². The molecular weight excluding hydrogens is 244 g/mol. The Morgan fingerprint density at radius 1 is 1.47 bits per heavy atom. The SMILES string of the molecule is COCCNC(=O)CNCc1ccc2c(c1)CCO2. The zero-order valence-corrected chi connectivity index (χ0v) is 11.2. The van der Waals surface area contributed by atoms with E-state index in [1.165, 1.54) is 11.1 Å². The van der Waals surface area contributed by atoms with Crippen LogP contribution in [0, 0.1) is 0 Å². The number of carbonyl (C=O) groups is 1. The summed E-state index contributed by atoms with van der Waals surface area (Å²) in [5, 5.41) is 5.89. The van der Waals surface area contributed by atoms with Crippen molar-refractivity contribution >= 4 is 5.91 Å². The predicted octanol–water partition coefficient (Wildman–Crippen LogP) is 0.474. The summed E-state index contributed by atoms with van der Waals surface area (Å²) in [5.41, 5.74) is 2.43. The Morgan fingerprint density at radius 2 is 2.37 bits per heavy atom. The maximum Gasteiger partial charge on any atom is 0.234 e. The lowest BCUT2D eigenvalue weighted by atomic mass is 10.1. The number of hydrogen-bond donors (Lipinski definition) is 2. The molecule has 1 aliphatic rings. The Bertz CT molecular complexity index is 435. The summed E-state index contributed by atoms with van der Waals surface area (Å²) >= 11 is 0. The van der Waals surface area contributed by atoms with Crippen LogP contribution in [0.4, 0.5) is 0 Å².